The molecule has 0 saturated carbocycles. The Morgan fingerprint density at radius 3 is 1.58 bits per heavy atom. The fourth-order valence-corrected chi connectivity index (χ4v) is 7.89. The number of allylic oxidation sites excluding steroid dienone is 2. The Balaban J connectivity index is 0.000000891. The first-order chi connectivity index (χ1) is 27.2. The molecule has 0 atom stereocenters. The summed E-state index contributed by atoms with van der Waals surface area (Å²) < 4.78 is 10.9. The zero-order chi connectivity index (χ0) is 36.9. The molecule has 4 aromatic heterocycles. The van der Waals surface area contributed by atoms with Gasteiger partial charge in [0.05, 0.1) is 33.1 Å². The number of furan rings is 1. The highest BCUT2D eigenvalue weighted by molar-refractivity contribution is 6.13. The van der Waals surface area contributed by atoms with Gasteiger partial charge in [0.25, 0.3) is 0 Å². The van der Waals surface area contributed by atoms with E-state index in [0.717, 1.165) is 60.7 Å². The molecule has 0 N–H and O–H groups in total. The number of hydrogen-bond acceptors (Lipinski definition) is 3. The molecule has 4 heterocycles. The van der Waals surface area contributed by atoms with E-state index in [2.05, 4.69) is 156 Å². The van der Waals surface area contributed by atoms with Gasteiger partial charge < -0.3 is 8.98 Å². The van der Waals surface area contributed by atoms with E-state index >= 15 is 0 Å². The van der Waals surface area contributed by atoms with Gasteiger partial charge in [0.2, 0.25) is 11.7 Å². The second-order valence-corrected chi connectivity index (χ2v) is 13.5. The topological polar surface area (TPSA) is 48.8 Å². The molecule has 0 aliphatic carbocycles. The molecular formula is C50H34N4O. The number of para-hydroxylation sites is 4. The Hall–Kier alpha value is -7.50. The van der Waals surface area contributed by atoms with E-state index < -0.39 is 0 Å². The minimum Gasteiger partial charge on any atom is -0.437 e. The van der Waals surface area contributed by atoms with Crippen LogP contribution in [0.3, 0.4) is 0 Å². The van der Waals surface area contributed by atoms with Crippen molar-refractivity contribution in [3.05, 3.63) is 195 Å². The second kappa shape index (κ2) is 13.2. The Morgan fingerprint density at radius 1 is 0.436 bits per heavy atom. The van der Waals surface area contributed by atoms with Crippen molar-refractivity contribution in [2.24, 2.45) is 0 Å². The molecule has 0 saturated heterocycles. The molecule has 11 aromatic rings. The van der Waals surface area contributed by atoms with Gasteiger partial charge in [-0.05, 0) is 65.7 Å². The molecule has 5 heteroatoms. The highest BCUT2D eigenvalue weighted by atomic mass is 16.3. The summed E-state index contributed by atoms with van der Waals surface area (Å²) in [6.45, 7) is 6.72. The lowest BCUT2D eigenvalue weighted by Gasteiger charge is -2.10. The van der Waals surface area contributed by atoms with Crippen LogP contribution in [0.25, 0.3) is 99.7 Å². The third-order valence-electron chi connectivity index (χ3n) is 10.3. The van der Waals surface area contributed by atoms with Crippen LogP contribution in [-0.4, -0.2) is 19.1 Å². The molecule has 0 radical (unpaired) electrons. The van der Waals surface area contributed by atoms with Crippen LogP contribution >= 0.6 is 0 Å². The van der Waals surface area contributed by atoms with Crippen molar-refractivity contribution in [2.45, 2.75) is 0 Å². The SMILES string of the molecule is C=CC=C.c1ccc(-c2nc(-n3c4ccccc4c4cc(-c5ccc6c(c5)c5ccccc5n6-c5ccccc5)ccc43)nc3oc4ccccc4c23)cc1. The molecular weight excluding hydrogens is 673 g/mol. The monoisotopic (exact) mass is 706 g/mol. The first-order valence-corrected chi connectivity index (χ1v) is 18.3. The molecule has 0 aliphatic rings. The number of rotatable bonds is 5. The third kappa shape index (κ3) is 5.24. The summed E-state index contributed by atoms with van der Waals surface area (Å²) in [5, 5.41) is 6.69. The molecule has 0 bridgehead atoms. The maximum Gasteiger partial charge on any atom is 0.238 e. The largest absolute Gasteiger partial charge is 0.437 e. The molecule has 7 aromatic carbocycles. The molecule has 260 valence electrons. The number of benzene rings is 7. The van der Waals surface area contributed by atoms with Crippen molar-refractivity contribution in [1.82, 2.24) is 19.1 Å². The van der Waals surface area contributed by atoms with Crippen molar-refractivity contribution >= 4 is 65.7 Å². The van der Waals surface area contributed by atoms with Crippen LogP contribution in [0.5, 0.6) is 0 Å². The summed E-state index contributed by atoms with van der Waals surface area (Å²) in [6, 6.07) is 59.7. The molecule has 55 heavy (non-hydrogen) atoms. The summed E-state index contributed by atoms with van der Waals surface area (Å²) in [6.07, 6.45) is 3.28. The Kier molecular flexibility index (Phi) is 7.70. The maximum atomic E-state index is 6.38. The summed E-state index contributed by atoms with van der Waals surface area (Å²) >= 11 is 0. The van der Waals surface area contributed by atoms with E-state index in [9.17, 15) is 0 Å². The Labute approximate surface area is 317 Å². The Morgan fingerprint density at radius 2 is 0.945 bits per heavy atom. The van der Waals surface area contributed by atoms with Crippen molar-refractivity contribution in [2.75, 3.05) is 0 Å². The first-order valence-electron chi connectivity index (χ1n) is 18.3. The van der Waals surface area contributed by atoms with Gasteiger partial charge in [0.1, 0.15) is 5.58 Å². The fourth-order valence-electron chi connectivity index (χ4n) is 7.89. The van der Waals surface area contributed by atoms with Crippen molar-refractivity contribution in [3.8, 4) is 34.0 Å². The van der Waals surface area contributed by atoms with Gasteiger partial charge in [-0.1, -0.05) is 141 Å². The number of fused-ring (bicyclic) bond motifs is 9. The van der Waals surface area contributed by atoms with E-state index in [1.807, 2.05) is 36.4 Å². The van der Waals surface area contributed by atoms with E-state index in [0.29, 0.717) is 11.7 Å². The standard InChI is InChI=1S/C46H28N4O.C4H6/c1-3-13-29(14-4-1)44-43-35-19-9-12-22-42(35)51-45(43)48-46(47-44)50-39-21-11-8-18-34(39)37-28-31(24-26-41(37)50)30-23-25-40-36(27-30)33-17-7-10-20-38(33)49(40)32-15-5-2-6-16-32;1-3-4-2/h1-28H;3-4H,1-2H2. The van der Waals surface area contributed by atoms with Crippen LogP contribution in [0, 0.1) is 0 Å². The predicted octanol–water partition coefficient (Wildman–Crippen LogP) is 13.3. The predicted molar refractivity (Wildman–Crippen MR) is 229 cm³/mol. The van der Waals surface area contributed by atoms with Crippen LogP contribution in [0.15, 0.2) is 200 Å². The molecule has 0 spiro atoms. The minimum absolute atomic E-state index is 0.575. The van der Waals surface area contributed by atoms with Crippen molar-refractivity contribution < 1.29 is 4.42 Å². The van der Waals surface area contributed by atoms with Gasteiger partial charge in [0.15, 0.2) is 0 Å². The normalized spacial score (nSPS) is 11.4. The zero-order valence-corrected chi connectivity index (χ0v) is 29.9. The quantitative estimate of drug-likeness (QED) is 0.167. The number of aromatic nitrogens is 4. The molecule has 0 amide bonds. The molecule has 0 aliphatic heterocycles. The smallest absolute Gasteiger partial charge is 0.238 e. The lowest BCUT2D eigenvalue weighted by molar-refractivity contribution is 0.651. The second-order valence-electron chi connectivity index (χ2n) is 13.5. The van der Waals surface area contributed by atoms with E-state index in [4.69, 9.17) is 14.4 Å². The minimum atomic E-state index is 0.575. The Bertz CT molecular complexity index is 3230. The first kappa shape index (κ1) is 32.2. The lowest BCUT2D eigenvalue weighted by Crippen LogP contribution is -2.02. The number of hydrogen-bond donors (Lipinski definition) is 0. The summed E-state index contributed by atoms with van der Waals surface area (Å²) in [5.74, 6) is 0.578. The fraction of sp³-hybridized carbons (Fsp3) is 0. The van der Waals surface area contributed by atoms with Crippen LogP contribution in [0.1, 0.15) is 0 Å². The van der Waals surface area contributed by atoms with Gasteiger partial charge >= 0.3 is 0 Å². The lowest BCUT2D eigenvalue weighted by atomic mass is 10.0. The number of nitrogens with zero attached hydrogens (tertiary/aromatic N) is 4. The van der Waals surface area contributed by atoms with Gasteiger partial charge in [-0.3, -0.25) is 4.57 Å². The van der Waals surface area contributed by atoms with Gasteiger partial charge in [0, 0.05) is 38.2 Å². The van der Waals surface area contributed by atoms with Crippen LogP contribution in [-0.2, 0) is 0 Å². The summed E-state index contributed by atoms with van der Waals surface area (Å²) in [5.41, 5.74) is 11.2. The van der Waals surface area contributed by atoms with Crippen molar-refractivity contribution in [1.29, 1.82) is 0 Å². The van der Waals surface area contributed by atoms with Crippen LogP contribution < -0.4 is 0 Å². The summed E-state index contributed by atoms with van der Waals surface area (Å²) in [7, 11) is 0. The maximum absolute atomic E-state index is 6.38. The van der Waals surface area contributed by atoms with E-state index in [1.54, 1.807) is 12.2 Å². The van der Waals surface area contributed by atoms with Gasteiger partial charge in [-0.15, -0.1) is 0 Å². The average molecular weight is 707 g/mol. The highest BCUT2D eigenvalue weighted by Gasteiger charge is 2.21. The average Bonchev–Trinajstić information content (AvgIpc) is 3.91. The summed E-state index contributed by atoms with van der Waals surface area (Å²) in [4.78, 5) is 10.4. The third-order valence-corrected chi connectivity index (χ3v) is 10.3. The molecule has 5 nitrogen and oxygen atoms in total. The van der Waals surface area contributed by atoms with E-state index in [-0.39, 0.29) is 0 Å². The highest BCUT2D eigenvalue weighted by Crippen LogP contribution is 2.40. The van der Waals surface area contributed by atoms with Crippen molar-refractivity contribution in [3.63, 3.8) is 0 Å². The molecule has 0 unspecified atom stereocenters. The molecule has 0 fully saturated rings. The van der Waals surface area contributed by atoms with Crippen LogP contribution in [0.4, 0.5) is 0 Å². The molecule has 11 rings (SSSR count). The zero-order valence-electron chi connectivity index (χ0n) is 29.9. The van der Waals surface area contributed by atoms with Crippen LogP contribution in [0.2, 0.25) is 0 Å². The van der Waals surface area contributed by atoms with Gasteiger partial charge in [-0.25, -0.2) is 4.98 Å². The van der Waals surface area contributed by atoms with Gasteiger partial charge in [-0.2, -0.15) is 4.98 Å². The van der Waals surface area contributed by atoms with E-state index in [1.165, 1.54) is 27.4 Å².